The molecule has 0 unspecified atom stereocenters. The molecule has 0 amide bonds. The topological polar surface area (TPSA) is 40.7 Å². The van der Waals surface area contributed by atoms with Gasteiger partial charge in [0.2, 0.25) is 0 Å². The second kappa shape index (κ2) is 4.92. The van der Waals surface area contributed by atoms with E-state index >= 15 is 0 Å². The van der Waals surface area contributed by atoms with E-state index in [2.05, 4.69) is 15.5 Å². The Morgan fingerprint density at radius 3 is 2.94 bits per heavy atom. The van der Waals surface area contributed by atoms with Gasteiger partial charge in [0.15, 0.2) is 0 Å². The first-order valence-corrected chi connectivity index (χ1v) is 6.71. The summed E-state index contributed by atoms with van der Waals surface area (Å²) in [6, 6.07) is 8.26. The van der Waals surface area contributed by atoms with Gasteiger partial charge in [-0.1, -0.05) is 35.3 Å². The van der Waals surface area contributed by atoms with Gasteiger partial charge in [-0.05, 0) is 25.0 Å². The van der Waals surface area contributed by atoms with Crippen molar-refractivity contribution in [1.82, 2.24) is 15.5 Å². The van der Waals surface area contributed by atoms with Crippen molar-refractivity contribution in [3.05, 3.63) is 40.0 Å². The van der Waals surface area contributed by atoms with Crippen molar-refractivity contribution >= 4 is 23.2 Å². The van der Waals surface area contributed by atoms with Gasteiger partial charge in [0.25, 0.3) is 0 Å². The number of hydrogen-bond acceptors (Lipinski definition) is 2. The van der Waals surface area contributed by atoms with E-state index in [9.17, 15) is 0 Å². The molecular weight excluding hydrogens is 269 g/mol. The van der Waals surface area contributed by atoms with Gasteiger partial charge in [-0.15, -0.1) is 0 Å². The first-order valence-electron chi connectivity index (χ1n) is 5.96. The van der Waals surface area contributed by atoms with Crippen LogP contribution in [0.25, 0.3) is 11.3 Å². The van der Waals surface area contributed by atoms with Crippen LogP contribution in [-0.2, 0) is 6.54 Å². The normalized spacial score (nSPS) is 15.0. The zero-order chi connectivity index (χ0) is 12.5. The first-order chi connectivity index (χ1) is 8.74. The van der Waals surface area contributed by atoms with Gasteiger partial charge in [0.1, 0.15) is 0 Å². The maximum absolute atomic E-state index is 6.17. The van der Waals surface area contributed by atoms with Gasteiger partial charge in [-0.25, -0.2) is 0 Å². The summed E-state index contributed by atoms with van der Waals surface area (Å²) in [5.74, 6) is 0. The van der Waals surface area contributed by atoms with E-state index in [0.717, 1.165) is 23.5 Å². The molecule has 2 N–H and O–H groups in total. The minimum absolute atomic E-state index is 0.548. The Kier molecular flexibility index (Phi) is 3.29. The fourth-order valence-electron chi connectivity index (χ4n) is 1.83. The minimum Gasteiger partial charge on any atom is -0.308 e. The van der Waals surface area contributed by atoms with E-state index in [-0.39, 0.29) is 0 Å². The molecule has 0 spiro atoms. The Labute approximate surface area is 115 Å². The van der Waals surface area contributed by atoms with Crippen LogP contribution in [0.4, 0.5) is 0 Å². The lowest BCUT2D eigenvalue weighted by molar-refractivity contribution is 0.672. The molecule has 1 saturated carbocycles. The van der Waals surface area contributed by atoms with E-state index in [1.54, 1.807) is 6.07 Å². The second-order valence-corrected chi connectivity index (χ2v) is 5.32. The number of hydrogen-bond donors (Lipinski definition) is 2. The molecule has 0 atom stereocenters. The molecule has 0 radical (unpaired) electrons. The van der Waals surface area contributed by atoms with Crippen LogP contribution in [0.5, 0.6) is 0 Å². The number of H-pyrrole nitrogens is 1. The van der Waals surface area contributed by atoms with Crippen molar-refractivity contribution in [2.75, 3.05) is 0 Å². The SMILES string of the molecule is Clc1cccc(-c2cc(CNC3CC3)[nH]n2)c1Cl. The maximum Gasteiger partial charge on any atom is 0.0939 e. The summed E-state index contributed by atoms with van der Waals surface area (Å²) in [7, 11) is 0. The van der Waals surface area contributed by atoms with Gasteiger partial charge in [0.05, 0.1) is 15.7 Å². The quantitative estimate of drug-likeness (QED) is 0.899. The van der Waals surface area contributed by atoms with Crippen LogP contribution in [0.3, 0.4) is 0 Å². The molecule has 1 heterocycles. The third kappa shape index (κ3) is 2.53. The molecule has 0 bridgehead atoms. The van der Waals surface area contributed by atoms with Crippen LogP contribution in [-0.4, -0.2) is 16.2 Å². The largest absolute Gasteiger partial charge is 0.308 e. The molecule has 0 saturated heterocycles. The third-order valence-electron chi connectivity index (χ3n) is 3.02. The number of nitrogens with one attached hydrogen (secondary N) is 2. The van der Waals surface area contributed by atoms with Crippen LogP contribution in [0.15, 0.2) is 24.3 Å². The van der Waals surface area contributed by atoms with E-state index in [4.69, 9.17) is 23.2 Å². The molecular formula is C13H13Cl2N3. The number of aromatic amines is 1. The Hall–Kier alpha value is -1.03. The smallest absolute Gasteiger partial charge is 0.0939 e. The zero-order valence-corrected chi connectivity index (χ0v) is 11.2. The monoisotopic (exact) mass is 281 g/mol. The van der Waals surface area contributed by atoms with Crippen molar-refractivity contribution in [2.24, 2.45) is 0 Å². The summed E-state index contributed by atoms with van der Waals surface area (Å²) >= 11 is 12.2. The number of nitrogens with zero attached hydrogens (tertiary/aromatic N) is 1. The summed E-state index contributed by atoms with van der Waals surface area (Å²) in [6.07, 6.45) is 2.56. The second-order valence-electron chi connectivity index (χ2n) is 4.53. The number of aromatic nitrogens is 2. The standard InChI is InChI=1S/C13H13Cl2N3/c14-11-3-1-2-10(13(11)15)12-6-9(17-18-12)7-16-8-4-5-8/h1-3,6,8,16H,4-5,7H2,(H,17,18). The Bertz CT molecular complexity index is 561. The van der Waals surface area contributed by atoms with Gasteiger partial charge in [0, 0.05) is 23.8 Å². The minimum atomic E-state index is 0.548. The van der Waals surface area contributed by atoms with Crippen molar-refractivity contribution in [2.45, 2.75) is 25.4 Å². The zero-order valence-electron chi connectivity index (χ0n) is 9.71. The van der Waals surface area contributed by atoms with Crippen LogP contribution in [0.2, 0.25) is 10.0 Å². The number of benzene rings is 1. The highest BCUT2D eigenvalue weighted by molar-refractivity contribution is 6.43. The van der Waals surface area contributed by atoms with Crippen molar-refractivity contribution < 1.29 is 0 Å². The highest BCUT2D eigenvalue weighted by Gasteiger charge is 2.20. The van der Waals surface area contributed by atoms with Crippen LogP contribution in [0, 0.1) is 0 Å². The van der Waals surface area contributed by atoms with Crippen molar-refractivity contribution in [3.8, 4) is 11.3 Å². The average molecular weight is 282 g/mol. The predicted octanol–water partition coefficient (Wildman–Crippen LogP) is 3.64. The Morgan fingerprint density at radius 1 is 1.33 bits per heavy atom. The summed E-state index contributed by atoms with van der Waals surface area (Å²) in [6.45, 7) is 0.815. The predicted molar refractivity (Wildman–Crippen MR) is 73.9 cm³/mol. The maximum atomic E-state index is 6.17. The van der Waals surface area contributed by atoms with Gasteiger partial charge >= 0.3 is 0 Å². The molecule has 1 aliphatic rings. The van der Waals surface area contributed by atoms with Crippen LogP contribution in [0.1, 0.15) is 18.5 Å². The van der Waals surface area contributed by atoms with E-state index in [0.29, 0.717) is 16.1 Å². The van der Waals surface area contributed by atoms with Crippen molar-refractivity contribution in [1.29, 1.82) is 0 Å². The number of rotatable bonds is 4. The molecule has 2 aromatic rings. The van der Waals surface area contributed by atoms with E-state index in [1.165, 1.54) is 12.8 Å². The summed E-state index contributed by atoms with van der Waals surface area (Å²) in [5.41, 5.74) is 2.75. The summed E-state index contributed by atoms with van der Waals surface area (Å²) in [5, 5.41) is 11.8. The Morgan fingerprint density at radius 2 is 2.17 bits per heavy atom. The molecule has 1 aromatic heterocycles. The Balaban J connectivity index is 1.80. The lowest BCUT2D eigenvalue weighted by atomic mass is 10.1. The molecule has 1 aliphatic carbocycles. The highest BCUT2D eigenvalue weighted by Crippen LogP contribution is 2.32. The molecule has 3 nitrogen and oxygen atoms in total. The summed E-state index contributed by atoms with van der Waals surface area (Å²) in [4.78, 5) is 0. The molecule has 94 valence electrons. The third-order valence-corrected chi connectivity index (χ3v) is 3.84. The first kappa shape index (κ1) is 12.0. The molecule has 1 fully saturated rings. The van der Waals surface area contributed by atoms with Crippen molar-refractivity contribution in [3.63, 3.8) is 0 Å². The van der Waals surface area contributed by atoms with Gasteiger partial charge in [-0.3, -0.25) is 5.10 Å². The van der Waals surface area contributed by atoms with Crippen LogP contribution < -0.4 is 5.32 Å². The molecule has 3 rings (SSSR count). The number of halogens is 2. The lowest BCUT2D eigenvalue weighted by Crippen LogP contribution is -2.15. The molecule has 0 aliphatic heterocycles. The van der Waals surface area contributed by atoms with Gasteiger partial charge < -0.3 is 5.32 Å². The van der Waals surface area contributed by atoms with Crippen LogP contribution >= 0.6 is 23.2 Å². The fraction of sp³-hybridized carbons (Fsp3) is 0.308. The fourth-order valence-corrected chi connectivity index (χ4v) is 2.23. The molecule has 18 heavy (non-hydrogen) atoms. The van der Waals surface area contributed by atoms with E-state index in [1.807, 2.05) is 18.2 Å². The molecule has 5 heteroatoms. The highest BCUT2D eigenvalue weighted by atomic mass is 35.5. The average Bonchev–Trinajstić information content (AvgIpc) is 3.08. The molecule has 1 aromatic carbocycles. The van der Waals surface area contributed by atoms with Gasteiger partial charge in [-0.2, -0.15) is 5.10 Å². The summed E-state index contributed by atoms with van der Waals surface area (Å²) < 4.78 is 0. The lowest BCUT2D eigenvalue weighted by Gasteiger charge is -2.01. The van der Waals surface area contributed by atoms with E-state index < -0.39 is 0 Å².